The smallest absolute Gasteiger partial charge is 0.191 e. The van der Waals surface area contributed by atoms with Crippen LogP contribution in [0.15, 0.2) is 53.7 Å². The Morgan fingerprint density at radius 1 is 1.04 bits per heavy atom. The number of hydrogen-bond donors (Lipinski definition) is 0. The van der Waals surface area contributed by atoms with Crippen LogP contribution in [0.25, 0.3) is 11.4 Å². The Morgan fingerprint density at radius 3 is 2.60 bits per heavy atom. The van der Waals surface area contributed by atoms with E-state index >= 15 is 0 Å². The molecular formula is C20H23N3OS. The van der Waals surface area contributed by atoms with E-state index < -0.39 is 0 Å². The molecule has 1 heterocycles. The maximum atomic E-state index is 5.93. The summed E-state index contributed by atoms with van der Waals surface area (Å²) in [4.78, 5) is 0. The van der Waals surface area contributed by atoms with Gasteiger partial charge in [0.1, 0.15) is 5.75 Å². The highest BCUT2D eigenvalue weighted by atomic mass is 32.2. The highest BCUT2D eigenvalue weighted by Crippen LogP contribution is 2.24. The van der Waals surface area contributed by atoms with Gasteiger partial charge in [0.25, 0.3) is 0 Å². The van der Waals surface area contributed by atoms with E-state index in [2.05, 4.69) is 65.9 Å². The lowest BCUT2D eigenvalue weighted by Crippen LogP contribution is -2.04. The van der Waals surface area contributed by atoms with Crippen molar-refractivity contribution < 1.29 is 4.74 Å². The van der Waals surface area contributed by atoms with Crippen LogP contribution in [0, 0.1) is 13.8 Å². The number of thioether (sulfide) groups is 1. The van der Waals surface area contributed by atoms with Crippen molar-refractivity contribution in [3.63, 3.8) is 0 Å². The average Bonchev–Trinajstić information content (AvgIpc) is 3.05. The Balaban J connectivity index is 1.62. The fraction of sp³-hybridized carbons (Fsp3) is 0.300. The first kappa shape index (κ1) is 17.5. The molecule has 0 aliphatic rings. The fourth-order valence-corrected chi connectivity index (χ4v) is 3.45. The van der Waals surface area contributed by atoms with Crippen LogP contribution in [0.3, 0.4) is 0 Å². The Hall–Kier alpha value is -2.27. The molecule has 25 heavy (non-hydrogen) atoms. The molecule has 5 heteroatoms. The first-order chi connectivity index (χ1) is 12.2. The predicted octanol–water partition coefficient (Wildman–Crippen LogP) is 4.75. The molecule has 0 atom stereocenters. The molecule has 3 aromatic rings. The van der Waals surface area contributed by atoms with E-state index in [1.807, 2.05) is 18.2 Å². The number of nitrogens with zero attached hydrogens (tertiary/aromatic N) is 3. The summed E-state index contributed by atoms with van der Waals surface area (Å²) in [6, 6.07) is 16.5. The van der Waals surface area contributed by atoms with Gasteiger partial charge in [0.2, 0.25) is 0 Å². The molecule has 1 aromatic heterocycles. The van der Waals surface area contributed by atoms with Crippen LogP contribution in [-0.2, 0) is 6.54 Å². The molecule has 0 aliphatic heterocycles. The summed E-state index contributed by atoms with van der Waals surface area (Å²) < 4.78 is 8.08. The van der Waals surface area contributed by atoms with Gasteiger partial charge in [0.05, 0.1) is 6.61 Å². The van der Waals surface area contributed by atoms with Crippen molar-refractivity contribution in [2.24, 2.45) is 0 Å². The zero-order valence-electron chi connectivity index (χ0n) is 14.9. The lowest BCUT2D eigenvalue weighted by atomic mass is 10.1. The quantitative estimate of drug-likeness (QED) is 0.454. The van der Waals surface area contributed by atoms with Gasteiger partial charge in [-0.2, -0.15) is 0 Å². The van der Waals surface area contributed by atoms with Crippen molar-refractivity contribution in [2.45, 2.75) is 32.5 Å². The summed E-state index contributed by atoms with van der Waals surface area (Å²) in [5, 5.41) is 9.67. The molecule has 0 saturated carbocycles. The van der Waals surface area contributed by atoms with Crippen LogP contribution >= 0.6 is 11.8 Å². The Kier molecular flexibility index (Phi) is 5.76. The van der Waals surface area contributed by atoms with E-state index in [0.717, 1.165) is 34.6 Å². The second kappa shape index (κ2) is 8.21. The van der Waals surface area contributed by atoms with E-state index in [4.69, 9.17) is 4.74 Å². The van der Waals surface area contributed by atoms with Gasteiger partial charge < -0.3 is 9.30 Å². The molecule has 130 valence electrons. The molecule has 0 bridgehead atoms. The highest BCUT2D eigenvalue weighted by Gasteiger charge is 2.12. The molecule has 0 fully saturated rings. The maximum absolute atomic E-state index is 5.93. The van der Waals surface area contributed by atoms with Gasteiger partial charge in [-0.15, -0.1) is 10.2 Å². The van der Waals surface area contributed by atoms with E-state index in [1.165, 1.54) is 11.1 Å². The molecule has 2 aromatic carbocycles. The van der Waals surface area contributed by atoms with Crippen molar-refractivity contribution in [3.8, 4) is 17.1 Å². The van der Waals surface area contributed by atoms with Gasteiger partial charge >= 0.3 is 0 Å². The minimum Gasteiger partial charge on any atom is -0.492 e. The monoisotopic (exact) mass is 353 g/mol. The van der Waals surface area contributed by atoms with E-state index in [9.17, 15) is 0 Å². The molecule has 4 nitrogen and oxygen atoms in total. The van der Waals surface area contributed by atoms with Crippen molar-refractivity contribution in [1.29, 1.82) is 0 Å². The molecule has 0 aliphatic carbocycles. The van der Waals surface area contributed by atoms with Crippen molar-refractivity contribution in [2.75, 3.05) is 12.4 Å². The van der Waals surface area contributed by atoms with Crippen molar-refractivity contribution >= 4 is 11.8 Å². The van der Waals surface area contributed by atoms with Gasteiger partial charge in [0.15, 0.2) is 11.0 Å². The lowest BCUT2D eigenvalue weighted by Gasteiger charge is -2.10. The standard InChI is InChI=1S/C20H23N3OS/c1-4-23-19(17-8-6-5-7-9-17)21-22-20(23)25-13-12-24-18-14-15(2)10-11-16(18)3/h5-11,14H,4,12-13H2,1-3H3. The number of aryl methyl sites for hydroxylation is 2. The minimum atomic E-state index is 0.645. The van der Waals surface area contributed by atoms with Crippen LogP contribution in [0.4, 0.5) is 0 Å². The third-order valence-corrected chi connectivity index (χ3v) is 4.91. The summed E-state index contributed by atoms with van der Waals surface area (Å²) in [7, 11) is 0. The zero-order valence-corrected chi connectivity index (χ0v) is 15.7. The van der Waals surface area contributed by atoms with Gasteiger partial charge in [-0.05, 0) is 38.0 Å². The van der Waals surface area contributed by atoms with Gasteiger partial charge in [-0.3, -0.25) is 0 Å². The molecule has 0 amide bonds. The van der Waals surface area contributed by atoms with Gasteiger partial charge in [-0.1, -0.05) is 54.2 Å². The highest BCUT2D eigenvalue weighted by molar-refractivity contribution is 7.99. The van der Waals surface area contributed by atoms with Crippen LogP contribution in [0.5, 0.6) is 5.75 Å². The van der Waals surface area contributed by atoms with Crippen LogP contribution in [0.1, 0.15) is 18.1 Å². The third-order valence-electron chi connectivity index (χ3n) is 3.98. The molecule has 0 radical (unpaired) electrons. The first-order valence-corrected chi connectivity index (χ1v) is 9.49. The van der Waals surface area contributed by atoms with E-state index in [1.54, 1.807) is 11.8 Å². The van der Waals surface area contributed by atoms with Crippen LogP contribution in [0.2, 0.25) is 0 Å². The summed E-state index contributed by atoms with van der Waals surface area (Å²) in [5.41, 5.74) is 3.47. The van der Waals surface area contributed by atoms with Gasteiger partial charge in [-0.25, -0.2) is 0 Å². The molecule has 3 rings (SSSR count). The molecular weight excluding hydrogens is 330 g/mol. The second-order valence-corrected chi connectivity index (χ2v) is 6.94. The van der Waals surface area contributed by atoms with Gasteiger partial charge in [0, 0.05) is 17.9 Å². The largest absolute Gasteiger partial charge is 0.492 e. The summed E-state index contributed by atoms with van der Waals surface area (Å²) in [6.45, 7) is 7.76. The Bertz CT molecular complexity index is 830. The molecule has 0 unspecified atom stereocenters. The van der Waals surface area contributed by atoms with Crippen molar-refractivity contribution in [1.82, 2.24) is 14.8 Å². The molecule has 0 spiro atoms. The first-order valence-electron chi connectivity index (χ1n) is 8.50. The fourth-order valence-electron chi connectivity index (χ4n) is 2.63. The molecule has 0 N–H and O–H groups in total. The number of ether oxygens (including phenoxy) is 1. The molecule has 0 saturated heterocycles. The number of aromatic nitrogens is 3. The number of benzene rings is 2. The minimum absolute atomic E-state index is 0.645. The lowest BCUT2D eigenvalue weighted by molar-refractivity contribution is 0.341. The summed E-state index contributed by atoms with van der Waals surface area (Å²) >= 11 is 1.68. The summed E-state index contributed by atoms with van der Waals surface area (Å²) in [6.07, 6.45) is 0. The predicted molar refractivity (Wildman–Crippen MR) is 103 cm³/mol. The summed E-state index contributed by atoms with van der Waals surface area (Å²) in [5.74, 6) is 2.71. The van der Waals surface area contributed by atoms with E-state index in [-0.39, 0.29) is 0 Å². The van der Waals surface area contributed by atoms with Crippen LogP contribution < -0.4 is 4.74 Å². The number of rotatable bonds is 7. The van der Waals surface area contributed by atoms with Crippen molar-refractivity contribution in [3.05, 3.63) is 59.7 Å². The SMILES string of the molecule is CCn1c(SCCOc2cc(C)ccc2C)nnc1-c1ccccc1. The Labute approximate surface area is 153 Å². The topological polar surface area (TPSA) is 39.9 Å². The average molecular weight is 353 g/mol. The van der Waals surface area contributed by atoms with Crippen LogP contribution in [-0.4, -0.2) is 27.1 Å². The van der Waals surface area contributed by atoms with E-state index in [0.29, 0.717) is 6.61 Å². The number of hydrogen-bond acceptors (Lipinski definition) is 4. The third kappa shape index (κ3) is 4.23. The Morgan fingerprint density at radius 2 is 1.84 bits per heavy atom. The second-order valence-electron chi connectivity index (χ2n) is 5.88. The zero-order chi connectivity index (χ0) is 17.6. The maximum Gasteiger partial charge on any atom is 0.191 e. The normalized spacial score (nSPS) is 10.8.